The molecule has 0 unspecified atom stereocenters. The van der Waals surface area contributed by atoms with Crippen LogP contribution in [-0.4, -0.2) is 62.6 Å². The summed E-state index contributed by atoms with van der Waals surface area (Å²) in [4.78, 5) is 17.2. The summed E-state index contributed by atoms with van der Waals surface area (Å²) in [7, 11) is -3.41. The Labute approximate surface area is 192 Å². The van der Waals surface area contributed by atoms with Gasteiger partial charge in [0.25, 0.3) is 5.91 Å². The molecule has 0 spiro atoms. The third-order valence-electron chi connectivity index (χ3n) is 6.48. The van der Waals surface area contributed by atoms with E-state index in [0.717, 1.165) is 51.1 Å². The van der Waals surface area contributed by atoms with Gasteiger partial charge in [0.1, 0.15) is 0 Å². The minimum atomic E-state index is -4.70. The summed E-state index contributed by atoms with van der Waals surface area (Å²) in [6.07, 6.45) is 0.194. The molecule has 9 heteroatoms. The Morgan fingerprint density at radius 3 is 2.21 bits per heavy atom. The van der Waals surface area contributed by atoms with Crippen LogP contribution in [0.2, 0.25) is 0 Å². The van der Waals surface area contributed by atoms with Gasteiger partial charge in [-0.3, -0.25) is 4.79 Å². The zero-order valence-corrected chi connectivity index (χ0v) is 19.3. The summed E-state index contributed by atoms with van der Waals surface area (Å²) in [6, 6.07) is 9.32. The van der Waals surface area contributed by atoms with E-state index in [0.29, 0.717) is 18.7 Å². The van der Waals surface area contributed by atoms with E-state index in [-0.39, 0.29) is 22.1 Å². The quantitative estimate of drug-likeness (QED) is 0.634. The van der Waals surface area contributed by atoms with Gasteiger partial charge in [-0.1, -0.05) is 18.2 Å². The van der Waals surface area contributed by atoms with E-state index >= 15 is 0 Å². The minimum Gasteiger partial charge on any atom is -0.334 e. The number of carbonyl (C=O) groups is 1. The van der Waals surface area contributed by atoms with Crippen molar-refractivity contribution in [3.63, 3.8) is 0 Å². The first kappa shape index (κ1) is 23.8. The van der Waals surface area contributed by atoms with Crippen molar-refractivity contribution in [1.29, 1.82) is 0 Å². The first-order valence-electron chi connectivity index (χ1n) is 11.1. The molecule has 2 aliphatic rings. The fraction of sp³-hybridized carbons (Fsp3) is 0.458. The molecule has 1 atom stereocenters. The van der Waals surface area contributed by atoms with Gasteiger partial charge in [-0.25, -0.2) is 8.42 Å². The molecule has 0 aliphatic carbocycles. The molecule has 2 fully saturated rings. The van der Waals surface area contributed by atoms with Crippen LogP contribution < -0.4 is 0 Å². The number of rotatable bonds is 5. The molecule has 0 saturated carbocycles. The van der Waals surface area contributed by atoms with Crippen LogP contribution >= 0.6 is 0 Å². The molecular formula is C24H27F3N2O3S. The third kappa shape index (κ3) is 5.24. The van der Waals surface area contributed by atoms with Crippen molar-refractivity contribution in [3.8, 4) is 11.1 Å². The van der Waals surface area contributed by atoms with Gasteiger partial charge in [-0.05, 0) is 74.2 Å². The van der Waals surface area contributed by atoms with E-state index in [4.69, 9.17) is 0 Å². The highest BCUT2D eigenvalue weighted by Gasteiger charge is 2.39. The fourth-order valence-corrected chi connectivity index (χ4v) is 5.38. The minimum absolute atomic E-state index is 0.0695. The predicted molar refractivity (Wildman–Crippen MR) is 120 cm³/mol. The topological polar surface area (TPSA) is 57.7 Å². The van der Waals surface area contributed by atoms with Crippen molar-refractivity contribution in [3.05, 3.63) is 53.6 Å². The van der Waals surface area contributed by atoms with E-state index in [1.165, 1.54) is 36.4 Å². The lowest BCUT2D eigenvalue weighted by molar-refractivity contribution is -0.138. The third-order valence-corrected chi connectivity index (χ3v) is 7.61. The van der Waals surface area contributed by atoms with Gasteiger partial charge in [0.15, 0.2) is 9.84 Å². The Bertz CT molecular complexity index is 1120. The molecule has 2 heterocycles. The molecule has 0 bridgehead atoms. The standard InChI is InChI=1S/C24H27F3N2O3S/c1-33(31,32)20-9-6-17(7-10-20)18-8-11-21(22(15-18)24(25,26)27)23(30)29-14-4-5-19(29)16-28-12-2-3-13-28/h6-11,15,19H,2-5,12-14,16H2,1H3/t19-/m0/s1. The number of halogens is 3. The van der Waals surface area contributed by atoms with Gasteiger partial charge >= 0.3 is 6.18 Å². The number of benzene rings is 2. The second kappa shape index (κ2) is 9.10. The lowest BCUT2D eigenvalue weighted by atomic mass is 9.97. The number of sulfone groups is 1. The molecular weight excluding hydrogens is 453 g/mol. The number of likely N-dealkylation sites (tertiary alicyclic amines) is 2. The summed E-state index contributed by atoms with van der Waals surface area (Å²) >= 11 is 0. The molecule has 2 saturated heterocycles. The predicted octanol–water partition coefficient (Wildman–Crippen LogP) is 4.48. The van der Waals surface area contributed by atoms with Crippen LogP contribution in [0.15, 0.2) is 47.4 Å². The lowest BCUT2D eigenvalue weighted by Crippen LogP contribution is -2.43. The van der Waals surface area contributed by atoms with Crippen LogP contribution in [0.1, 0.15) is 41.6 Å². The maximum absolute atomic E-state index is 14.0. The lowest BCUT2D eigenvalue weighted by Gasteiger charge is -2.29. The first-order valence-corrected chi connectivity index (χ1v) is 13.0. The van der Waals surface area contributed by atoms with Crippen LogP contribution in [-0.2, 0) is 16.0 Å². The van der Waals surface area contributed by atoms with Gasteiger partial charge in [0.05, 0.1) is 16.0 Å². The van der Waals surface area contributed by atoms with E-state index in [1.54, 1.807) is 4.90 Å². The van der Waals surface area contributed by atoms with Crippen LogP contribution in [0.4, 0.5) is 13.2 Å². The maximum Gasteiger partial charge on any atom is 0.417 e. The SMILES string of the molecule is CS(=O)(=O)c1ccc(-c2ccc(C(=O)N3CCC[C@H]3CN3CCCC3)c(C(F)(F)F)c2)cc1. The average molecular weight is 481 g/mol. The van der Waals surface area contributed by atoms with Crippen LogP contribution in [0.5, 0.6) is 0 Å². The van der Waals surface area contributed by atoms with Crippen molar-refractivity contribution in [2.75, 3.05) is 32.4 Å². The summed E-state index contributed by atoms with van der Waals surface area (Å²) < 4.78 is 65.2. The largest absolute Gasteiger partial charge is 0.417 e. The highest BCUT2D eigenvalue weighted by atomic mass is 32.2. The van der Waals surface area contributed by atoms with Gasteiger partial charge in [-0.2, -0.15) is 13.2 Å². The van der Waals surface area contributed by atoms with E-state index < -0.39 is 27.5 Å². The zero-order valence-electron chi connectivity index (χ0n) is 18.4. The number of nitrogens with zero attached hydrogens (tertiary/aromatic N) is 2. The van der Waals surface area contributed by atoms with E-state index in [1.807, 2.05) is 0 Å². The molecule has 33 heavy (non-hydrogen) atoms. The Hall–Kier alpha value is -2.39. The van der Waals surface area contributed by atoms with Gasteiger partial charge in [0, 0.05) is 25.4 Å². The monoisotopic (exact) mass is 480 g/mol. The van der Waals surface area contributed by atoms with E-state index in [9.17, 15) is 26.4 Å². The molecule has 0 aromatic heterocycles. The average Bonchev–Trinajstić information content (AvgIpc) is 3.44. The molecule has 4 rings (SSSR count). The van der Waals surface area contributed by atoms with Gasteiger partial charge in [-0.15, -0.1) is 0 Å². The number of amides is 1. The number of carbonyl (C=O) groups excluding carboxylic acids is 1. The van der Waals surface area contributed by atoms with E-state index in [2.05, 4.69) is 4.90 Å². The summed E-state index contributed by atoms with van der Waals surface area (Å²) in [5.41, 5.74) is -0.592. The Kier molecular flexibility index (Phi) is 6.55. The molecule has 2 aromatic carbocycles. The van der Waals surface area contributed by atoms with Crippen molar-refractivity contribution in [2.24, 2.45) is 0 Å². The highest BCUT2D eigenvalue weighted by Crippen LogP contribution is 2.36. The summed E-state index contributed by atoms with van der Waals surface area (Å²) in [6.45, 7) is 3.11. The fourth-order valence-electron chi connectivity index (χ4n) is 4.75. The number of hydrogen-bond acceptors (Lipinski definition) is 4. The Morgan fingerprint density at radius 1 is 0.970 bits per heavy atom. The molecule has 2 aromatic rings. The molecule has 0 radical (unpaired) electrons. The van der Waals surface area contributed by atoms with Crippen molar-refractivity contribution >= 4 is 15.7 Å². The molecule has 1 amide bonds. The van der Waals surface area contributed by atoms with Crippen molar-refractivity contribution in [1.82, 2.24) is 9.80 Å². The number of hydrogen-bond donors (Lipinski definition) is 0. The smallest absolute Gasteiger partial charge is 0.334 e. The summed E-state index contributed by atoms with van der Waals surface area (Å²) in [5.74, 6) is -0.581. The second-order valence-corrected chi connectivity index (χ2v) is 10.9. The summed E-state index contributed by atoms with van der Waals surface area (Å²) in [5, 5.41) is 0. The van der Waals surface area contributed by atoms with Gasteiger partial charge in [0.2, 0.25) is 0 Å². The number of alkyl halides is 3. The first-order chi connectivity index (χ1) is 15.5. The molecule has 2 aliphatic heterocycles. The normalized spacial score (nSPS) is 19.9. The zero-order chi connectivity index (χ0) is 23.8. The van der Waals surface area contributed by atoms with Crippen LogP contribution in [0, 0.1) is 0 Å². The van der Waals surface area contributed by atoms with Crippen molar-refractivity contribution < 1.29 is 26.4 Å². The highest BCUT2D eigenvalue weighted by molar-refractivity contribution is 7.90. The van der Waals surface area contributed by atoms with Gasteiger partial charge < -0.3 is 9.80 Å². The van der Waals surface area contributed by atoms with Crippen LogP contribution in [0.25, 0.3) is 11.1 Å². The van der Waals surface area contributed by atoms with Crippen molar-refractivity contribution in [2.45, 2.75) is 42.8 Å². The van der Waals surface area contributed by atoms with Crippen LogP contribution in [0.3, 0.4) is 0 Å². The molecule has 5 nitrogen and oxygen atoms in total. The maximum atomic E-state index is 14.0. The molecule has 0 N–H and O–H groups in total. The second-order valence-electron chi connectivity index (χ2n) is 8.86. The Balaban J connectivity index is 1.63. The molecule has 178 valence electrons. The Morgan fingerprint density at radius 2 is 1.61 bits per heavy atom.